The Morgan fingerprint density at radius 3 is 1.60 bits per heavy atom. The van der Waals surface area contributed by atoms with Crippen LogP contribution in [-0.2, 0) is 39.2 Å². The standard InChI is InChI=1S/C18H25NO3.C8H13NO.C4H8O2.O3S/c1-21-16(17(20)22-2)15(14-6-4-3-5-7-14)18-8-11-19(12-9-18)13-10-18;10-7-8-1-4-9(5-2-8)6-3-8;1-3-4(5)6-2;1-4(2)3/h3-7,15-16H,8-13H2,1-2H3;7H,1-6H2;3H2,1-2H3;. The highest BCUT2D eigenvalue weighted by atomic mass is 32.2. The molecule has 0 aliphatic carbocycles. The molecule has 6 saturated heterocycles. The van der Waals surface area contributed by atoms with Crippen LogP contribution >= 0.6 is 0 Å². The van der Waals surface area contributed by atoms with Gasteiger partial charge in [0.25, 0.3) is 0 Å². The number of rotatable bonds is 7. The molecule has 6 aliphatic rings. The summed E-state index contributed by atoms with van der Waals surface area (Å²) in [4.78, 5) is 38.0. The number of benzene rings is 1. The van der Waals surface area contributed by atoms with E-state index in [4.69, 9.17) is 22.1 Å². The maximum atomic E-state index is 12.3. The SMILES string of the molecule is CCC(=O)OC.COC(=O)C(OC)C(c1ccccc1)C12CCN(CC1)CC2.O=CC12CCN(CC1)CC2.O=S(=O)=O. The lowest BCUT2D eigenvalue weighted by atomic mass is 9.60. The smallest absolute Gasteiger partial charge is 0.425 e. The summed E-state index contributed by atoms with van der Waals surface area (Å²) in [6.07, 6.45) is 7.84. The lowest BCUT2D eigenvalue weighted by Gasteiger charge is -2.53. The highest BCUT2D eigenvalue weighted by Gasteiger charge is 2.50. The molecule has 4 bridgehead atoms. The number of esters is 2. The molecule has 0 spiro atoms. The molecule has 1 aromatic carbocycles. The predicted octanol–water partition coefficient (Wildman–Crippen LogP) is 2.68. The molecule has 236 valence electrons. The van der Waals surface area contributed by atoms with Gasteiger partial charge in [-0.3, -0.25) is 4.79 Å². The average Bonchev–Trinajstić information content (AvgIpc) is 3.05. The Hall–Kier alpha value is -2.67. The van der Waals surface area contributed by atoms with E-state index in [1.807, 2.05) is 18.2 Å². The molecular weight excluding hydrogens is 564 g/mol. The fourth-order valence-electron chi connectivity index (χ4n) is 6.49. The van der Waals surface area contributed by atoms with Crippen molar-refractivity contribution in [1.82, 2.24) is 9.80 Å². The Morgan fingerprint density at radius 1 is 0.833 bits per heavy atom. The van der Waals surface area contributed by atoms with Gasteiger partial charge in [-0.05, 0) is 88.8 Å². The molecule has 2 unspecified atom stereocenters. The van der Waals surface area contributed by atoms with Gasteiger partial charge >= 0.3 is 22.5 Å². The normalized spacial score (nSPS) is 28.1. The van der Waals surface area contributed by atoms with E-state index in [-0.39, 0.29) is 28.7 Å². The van der Waals surface area contributed by atoms with Crippen LogP contribution < -0.4 is 0 Å². The van der Waals surface area contributed by atoms with E-state index < -0.39 is 16.7 Å². The van der Waals surface area contributed by atoms with E-state index in [0.717, 1.165) is 77.8 Å². The number of fused-ring (bicyclic) bond motifs is 6. The van der Waals surface area contributed by atoms with E-state index in [2.05, 4.69) is 26.7 Å². The van der Waals surface area contributed by atoms with E-state index in [1.165, 1.54) is 26.1 Å². The first-order valence-corrected chi connectivity index (χ1v) is 15.5. The number of carbonyl (C=O) groups is 3. The van der Waals surface area contributed by atoms with Crippen LogP contribution in [0.3, 0.4) is 0 Å². The Kier molecular flexibility index (Phi) is 14.8. The van der Waals surface area contributed by atoms with Crippen LogP contribution in [0.4, 0.5) is 0 Å². The molecule has 2 atom stereocenters. The maximum Gasteiger partial charge on any atom is 0.425 e. The van der Waals surface area contributed by atoms with Gasteiger partial charge in [0.15, 0.2) is 6.10 Å². The molecule has 6 heterocycles. The van der Waals surface area contributed by atoms with Gasteiger partial charge in [-0.25, -0.2) is 4.79 Å². The van der Waals surface area contributed by atoms with E-state index in [9.17, 15) is 14.4 Å². The fraction of sp³-hybridized carbons (Fsp3) is 0.700. The molecule has 42 heavy (non-hydrogen) atoms. The third-order valence-electron chi connectivity index (χ3n) is 9.13. The Labute approximate surface area is 250 Å². The number of nitrogens with zero attached hydrogens (tertiary/aromatic N) is 2. The number of methoxy groups -OCH3 is 3. The van der Waals surface area contributed by atoms with Crippen molar-refractivity contribution in [1.29, 1.82) is 0 Å². The molecule has 0 saturated carbocycles. The summed E-state index contributed by atoms with van der Waals surface area (Å²) in [5.41, 5.74) is 1.44. The highest BCUT2D eigenvalue weighted by molar-refractivity contribution is 7.59. The first-order valence-electron chi connectivity index (χ1n) is 14.5. The molecule has 11 nitrogen and oxygen atoms in total. The van der Waals surface area contributed by atoms with Crippen LogP contribution in [-0.4, -0.2) is 107 Å². The van der Waals surface area contributed by atoms with Crippen molar-refractivity contribution >= 4 is 28.8 Å². The zero-order valence-corrected chi connectivity index (χ0v) is 26.1. The van der Waals surface area contributed by atoms with Crippen LogP contribution in [0.1, 0.15) is 63.4 Å². The number of piperidine rings is 6. The first-order chi connectivity index (χ1) is 20.1. The molecular formula is C30H46N2O9S. The molecule has 6 aliphatic heterocycles. The van der Waals surface area contributed by atoms with Crippen molar-refractivity contribution in [3.8, 4) is 0 Å². The summed E-state index contributed by atoms with van der Waals surface area (Å²) >= 11 is 0. The predicted molar refractivity (Wildman–Crippen MR) is 156 cm³/mol. The Balaban J connectivity index is 0.000000252. The maximum absolute atomic E-state index is 12.3. The number of ether oxygens (including phenoxy) is 3. The van der Waals surface area contributed by atoms with Crippen LogP contribution in [0.15, 0.2) is 30.3 Å². The molecule has 1 aromatic rings. The highest BCUT2D eigenvalue weighted by Crippen LogP contribution is 2.52. The minimum absolute atomic E-state index is 0.0635. The summed E-state index contributed by atoms with van der Waals surface area (Å²) < 4.78 is 40.2. The topological polar surface area (TPSA) is 137 Å². The average molecular weight is 611 g/mol. The third kappa shape index (κ3) is 9.96. The monoisotopic (exact) mass is 610 g/mol. The van der Waals surface area contributed by atoms with Crippen LogP contribution in [0.5, 0.6) is 0 Å². The van der Waals surface area contributed by atoms with Gasteiger partial charge < -0.3 is 28.8 Å². The summed E-state index contributed by atoms with van der Waals surface area (Å²) in [5, 5.41) is 0. The Bertz CT molecular complexity index is 1060. The van der Waals surface area contributed by atoms with Gasteiger partial charge in [0.05, 0.1) is 14.2 Å². The molecule has 7 rings (SSSR count). The van der Waals surface area contributed by atoms with Gasteiger partial charge in [-0.15, -0.1) is 12.6 Å². The number of aldehydes is 1. The van der Waals surface area contributed by atoms with Crippen molar-refractivity contribution in [3.63, 3.8) is 0 Å². The van der Waals surface area contributed by atoms with E-state index >= 15 is 0 Å². The van der Waals surface area contributed by atoms with Crippen LogP contribution in [0.2, 0.25) is 0 Å². The van der Waals surface area contributed by atoms with Crippen molar-refractivity contribution in [2.45, 2.75) is 63.9 Å². The van der Waals surface area contributed by atoms with Crippen molar-refractivity contribution in [2.75, 3.05) is 60.6 Å². The second-order valence-electron chi connectivity index (χ2n) is 11.2. The number of hydrogen-bond donors (Lipinski definition) is 0. The van der Waals surface area contributed by atoms with Gasteiger partial charge in [0, 0.05) is 24.9 Å². The largest absolute Gasteiger partial charge is 0.469 e. The van der Waals surface area contributed by atoms with Crippen LogP contribution in [0.25, 0.3) is 0 Å². The van der Waals surface area contributed by atoms with Crippen molar-refractivity contribution < 1.29 is 41.2 Å². The van der Waals surface area contributed by atoms with Crippen molar-refractivity contribution in [3.05, 3.63) is 35.9 Å². The summed E-state index contributed by atoms with van der Waals surface area (Å²) in [5.74, 6) is -0.359. The van der Waals surface area contributed by atoms with Gasteiger partial charge in [0.1, 0.15) is 6.29 Å². The van der Waals surface area contributed by atoms with Gasteiger partial charge in [-0.2, -0.15) is 0 Å². The summed E-state index contributed by atoms with van der Waals surface area (Å²) in [6, 6.07) is 10.3. The molecule has 0 radical (unpaired) electrons. The first kappa shape index (κ1) is 35.5. The minimum Gasteiger partial charge on any atom is -0.469 e. The van der Waals surface area contributed by atoms with Crippen LogP contribution in [0, 0.1) is 10.8 Å². The summed E-state index contributed by atoms with van der Waals surface area (Å²) in [7, 11) is 1.33. The lowest BCUT2D eigenvalue weighted by Crippen LogP contribution is -2.54. The third-order valence-corrected chi connectivity index (χ3v) is 9.13. The van der Waals surface area contributed by atoms with Gasteiger partial charge in [0.2, 0.25) is 0 Å². The number of carbonyl (C=O) groups excluding carboxylic acids is 3. The van der Waals surface area contributed by atoms with E-state index in [0.29, 0.717) is 6.42 Å². The van der Waals surface area contributed by atoms with Gasteiger partial charge in [-0.1, -0.05) is 37.3 Å². The number of hydrogen-bond acceptors (Lipinski definition) is 11. The molecule has 12 heteroatoms. The summed E-state index contributed by atoms with van der Waals surface area (Å²) in [6.45, 7) is 8.59. The fourth-order valence-corrected chi connectivity index (χ4v) is 6.49. The quantitative estimate of drug-likeness (QED) is 0.333. The van der Waals surface area contributed by atoms with E-state index in [1.54, 1.807) is 14.0 Å². The second-order valence-corrected chi connectivity index (χ2v) is 11.6. The Morgan fingerprint density at radius 2 is 1.29 bits per heavy atom. The second kappa shape index (κ2) is 17.4. The zero-order valence-electron chi connectivity index (χ0n) is 25.3. The lowest BCUT2D eigenvalue weighted by molar-refractivity contribution is -0.158. The molecule has 0 N–H and O–H groups in total. The molecule has 6 fully saturated rings. The molecule has 0 amide bonds. The minimum atomic E-state index is -3.11. The van der Waals surface area contributed by atoms with Crippen molar-refractivity contribution in [2.24, 2.45) is 10.8 Å². The zero-order chi connectivity index (χ0) is 31.2. The molecule has 0 aromatic heterocycles.